The zero-order valence-corrected chi connectivity index (χ0v) is 17.9. The van der Waals surface area contributed by atoms with E-state index in [9.17, 15) is 13.2 Å². The summed E-state index contributed by atoms with van der Waals surface area (Å²) in [6.45, 7) is 3.63. The van der Waals surface area contributed by atoms with Gasteiger partial charge in [-0.3, -0.25) is 0 Å². The number of ether oxygens (including phenoxy) is 1. The molecule has 0 spiro atoms. The van der Waals surface area contributed by atoms with E-state index in [1.807, 2.05) is 0 Å². The molecule has 3 rings (SSSR count). The first-order valence-electron chi connectivity index (χ1n) is 11.4. The van der Waals surface area contributed by atoms with Gasteiger partial charge in [0.1, 0.15) is 0 Å². The molecule has 0 unspecified atom stereocenters. The predicted octanol–water partition coefficient (Wildman–Crippen LogP) is 7.78. The zero-order chi connectivity index (χ0) is 20.8. The third kappa shape index (κ3) is 6.02. The lowest BCUT2D eigenvalue weighted by Gasteiger charge is -2.37. The lowest BCUT2D eigenvalue weighted by molar-refractivity contribution is 0.152. The van der Waals surface area contributed by atoms with E-state index >= 15 is 0 Å². The summed E-state index contributed by atoms with van der Waals surface area (Å²) in [5.41, 5.74) is 0.461. The van der Waals surface area contributed by atoms with Crippen molar-refractivity contribution in [3.63, 3.8) is 0 Å². The molecule has 2 fully saturated rings. The quantitative estimate of drug-likeness (QED) is 0.447. The van der Waals surface area contributed by atoms with E-state index in [1.165, 1.54) is 38.5 Å². The largest absolute Gasteiger partial charge is 0.491 e. The maximum atomic E-state index is 14.3. The van der Waals surface area contributed by atoms with Crippen LogP contribution in [-0.4, -0.2) is 6.61 Å². The van der Waals surface area contributed by atoms with Gasteiger partial charge in [-0.1, -0.05) is 25.0 Å². The van der Waals surface area contributed by atoms with E-state index in [-0.39, 0.29) is 11.6 Å². The van der Waals surface area contributed by atoms with Crippen molar-refractivity contribution in [2.45, 2.75) is 78.1 Å². The summed E-state index contributed by atoms with van der Waals surface area (Å²) in [4.78, 5) is 0. The van der Waals surface area contributed by atoms with Crippen LogP contribution >= 0.6 is 0 Å². The molecule has 0 radical (unpaired) electrons. The Labute approximate surface area is 173 Å². The van der Waals surface area contributed by atoms with Gasteiger partial charge in [-0.05, 0) is 101 Å². The Bertz CT molecular complexity index is 680. The third-order valence-electron chi connectivity index (χ3n) is 7.09. The van der Waals surface area contributed by atoms with Gasteiger partial charge in [0.15, 0.2) is 11.6 Å². The summed E-state index contributed by atoms with van der Waals surface area (Å²) in [7, 11) is 0. The van der Waals surface area contributed by atoms with Gasteiger partial charge in [-0.25, -0.2) is 8.78 Å². The molecule has 1 aromatic rings. The first kappa shape index (κ1) is 22.2. The Hall–Kier alpha value is -1.45. The maximum absolute atomic E-state index is 14.3. The average molecular weight is 409 g/mol. The molecule has 162 valence electrons. The van der Waals surface area contributed by atoms with Crippen molar-refractivity contribution in [1.82, 2.24) is 0 Å². The summed E-state index contributed by atoms with van der Waals surface area (Å²) >= 11 is 0. The van der Waals surface area contributed by atoms with Gasteiger partial charge in [-0.2, -0.15) is 4.39 Å². The van der Waals surface area contributed by atoms with E-state index in [2.05, 4.69) is 0 Å². The molecule has 0 bridgehead atoms. The number of aryl methyl sites for hydroxylation is 1. The average Bonchev–Trinajstić information content (AvgIpc) is 2.72. The predicted molar refractivity (Wildman–Crippen MR) is 112 cm³/mol. The van der Waals surface area contributed by atoms with Crippen LogP contribution in [0.1, 0.15) is 77.2 Å². The minimum Gasteiger partial charge on any atom is -0.491 e. The standard InChI is InChI=1S/C25H35F3O/c1-3-29-23-15-14-22(24(27)25(23)28)13-6-18-4-9-20(10-5-18)21-11-7-19(8-12-21)16-17(2)26/h14-16,18-21H,3-13H2,1-2H3. The normalized spacial score (nSPS) is 28.4. The van der Waals surface area contributed by atoms with E-state index < -0.39 is 11.6 Å². The molecule has 0 saturated heterocycles. The topological polar surface area (TPSA) is 9.23 Å². The van der Waals surface area contributed by atoms with Crippen molar-refractivity contribution in [3.05, 3.63) is 41.2 Å². The monoisotopic (exact) mass is 408 g/mol. The lowest BCUT2D eigenvalue weighted by Crippen LogP contribution is -2.25. The van der Waals surface area contributed by atoms with Gasteiger partial charge in [-0.15, -0.1) is 0 Å². The van der Waals surface area contributed by atoms with Crippen LogP contribution in [0.3, 0.4) is 0 Å². The molecule has 4 heteroatoms. The highest BCUT2D eigenvalue weighted by molar-refractivity contribution is 5.31. The van der Waals surface area contributed by atoms with Crippen LogP contribution in [-0.2, 0) is 6.42 Å². The summed E-state index contributed by atoms with van der Waals surface area (Å²) in [6, 6.07) is 3.21. The fourth-order valence-corrected chi connectivity index (χ4v) is 5.45. The molecule has 2 aliphatic carbocycles. The van der Waals surface area contributed by atoms with Crippen LogP contribution in [0.4, 0.5) is 13.2 Å². The third-order valence-corrected chi connectivity index (χ3v) is 7.09. The molecule has 1 aromatic carbocycles. The van der Waals surface area contributed by atoms with Crippen LogP contribution in [0.15, 0.2) is 24.0 Å². The highest BCUT2D eigenvalue weighted by Gasteiger charge is 2.30. The number of hydrogen-bond acceptors (Lipinski definition) is 1. The molecule has 0 N–H and O–H groups in total. The van der Waals surface area contributed by atoms with Gasteiger partial charge in [0.2, 0.25) is 5.82 Å². The molecular formula is C25H35F3O. The minimum absolute atomic E-state index is 0.00106. The summed E-state index contributed by atoms with van der Waals surface area (Å²) < 4.78 is 46.5. The zero-order valence-electron chi connectivity index (χ0n) is 17.9. The van der Waals surface area contributed by atoms with Crippen LogP contribution in [0.2, 0.25) is 0 Å². The van der Waals surface area contributed by atoms with Crippen molar-refractivity contribution in [2.75, 3.05) is 6.61 Å². The van der Waals surface area contributed by atoms with Crippen LogP contribution in [0.5, 0.6) is 5.75 Å². The van der Waals surface area contributed by atoms with Gasteiger partial charge in [0.25, 0.3) is 0 Å². The van der Waals surface area contributed by atoms with Crippen LogP contribution in [0.25, 0.3) is 0 Å². The Morgan fingerprint density at radius 1 is 0.966 bits per heavy atom. The summed E-state index contributed by atoms with van der Waals surface area (Å²) in [5, 5.41) is 0. The van der Waals surface area contributed by atoms with E-state index in [1.54, 1.807) is 32.1 Å². The van der Waals surface area contributed by atoms with Gasteiger partial charge < -0.3 is 4.74 Å². The van der Waals surface area contributed by atoms with Crippen LogP contribution < -0.4 is 4.74 Å². The van der Waals surface area contributed by atoms with Crippen molar-refractivity contribution < 1.29 is 17.9 Å². The lowest BCUT2D eigenvalue weighted by atomic mass is 9.68. The minimum atomic E-state index is -0.860. The highest BCUT2D eigenvalue weighted by Crippen LogP contribution is 2.42. The van der Waals surface area contributed by atoms with Crippen molar-refractivity contribution >= 4 is 0 Å². The van der Waals surface area contributed by atoms with Gasteiger partial charge >= 0.3 is 0 Å². The van der Waals surface area contributed by atoms with E-state index in [0.29, 0.717) is 30.4 Å². The molecule has 0 aliphatic heterocycles. The molecule has 0 amide bonds. The Morgan fingerprint density at radius 2 is 1.59 bits per heavy atom. The molecule has 2 saturated carbocycles. The van der Waals surface area contributed by atoms with Crippen molar-refractivity contribution in [3.8, 4) is 5.75 Å². The molecule has 29 heavy (non-hydrogen) atoms. The van der Waals surface area contributed by atoms with E-state index in [4.69, 9.17) is 4.74 Å². The molecule has 2 aliphatic rings. The summed E-state index contributed by atoms with van der Waals surface area (Å²) in [5.74, 6) is 0.964. The second kappa shape index (κ2) is 10.5. The number of allylic oxidation sites excluding steroid dienone is 2. The fourth-order valence-electron chi connectivity index (χ4n) is 5.45. The van der Waals surface area contributed by atoms with Crippen molar-refractivity contribution in [1.29, 1.82) is 0 Å². The first-order valence-corrected chi connectivity index (χ1v) is 11.4. The van der Waals surface area contributed by atoms with E-state index in [0.717, 1.165) is 31.1 Å². The molecule has 0 aromatic heterocycles. The number of halogens is 3. The second-order valence-electron chi connectivity index (χ2n) is 9.03. The smallest absolute Gasteiger partial charge is 0.200 e. The van der Waals surface area contributed by atoms with Crippen molar-refractivity contribution in [2.24, 2.45) is 23.7 Å². The van der Waals surface area contributed by atoms with Gasteiger partial charge in [0.05, 0.1) is 12.4 Å². The molecule has 0 atom stereocenters. The molecule has 1 nitrogen and oxygen atoms in total. The van der Waals surface area contributed by atoms with Crippen LogP contribution in [0, 0.1) is 35.3 Å². The Kier molecular flexibility index (Phi) is 8.08. The number of benzene rings is 1. The Morgan fingerprint density at radius 3 is 2.17 bits per heavy atom. The fraction of sp³-hybridized carbons (Fsp3) is 0.680. The number of rotatable bonds is 7. The second-order valence-corrected chi connectivity index (χ2v) is 9.03. The maximum Gasteiger partial charge on any atom is 0.200 e. The molecule has 0 heterocycles. The Balaban J connectivity index is 1.43. The molecular weight excluding hydrogens is 373 g/mol. The van der Waals surface area contributed by atoms with Gasteiger partial charge in [0, 0.05) is 0 Å². The SMILES string of the molecule is CCOc1ccc(CCC2CCC(C3CCC(C=C(C)F)CC3)CC2)c(F)c1F. The number of hydrogen-bond donors (Lipinski definition) is 0. The highest BCUT2D eigenvalue weighted by atomic mass is 19.2. The first-order chi connectivity index (χ1) is 14.0. The summed E-state index contributed by atoms with van der Waals surface area (Å²) in [6.07, 6.45) is 12.9.